The molecule has 3 aromatic carbocycles. The molecule has 0 unspecified atom stereocenters. The van der Waals surface area contributed by atoms with Gasteiger partial charge in [-0.1, -0.05) is 85.8 Å². The molecule has 0 bridgehead atoms. The number of nitrogens with one attached hydrogen (secondary N) is 1. The van der Waals surface area contributed by atoms with Crippen LogP contribution in [0.5, 0.6) is 0 Å². The van der Waals surface area contributed by atoms with Crippen molar-refractivity contribution in [2.75, 3.05) is 18.1 Å². The first-order chi connectivity index (χ1) is 19.6. The van der Waals surface area contributed by atoms with Gasteiger partial charge in [-0.3, -0.25) is 4.68 Å². The van der Waals surface area contributed by atoms with Gasteiger partial charge in [0.2, 0.25) is 5.82 Å². The molecule has 0 atom stereocenters. The molecular formula is C31H33N7O2. The molecule has 5 rings (SSSR count). The summed E-state index contributed by atoms with van der Waals surface area (Å²) in [6, 6.07) is 26.4. The van der Waals surface area contributed by atoms with Gasteiger partial charge in [-0.2, -0.15) is 10.3 Å². The average Bonchev–Trinajstić information content (AvgIpc) is 3.67. The second-order valence-corrected chi connectivity index (χ2v) is 9.35. The molecule has 40 heavy (non-hydrogen) atoms. The number of aromatic amines is 1. The highest BCUT2D eigenvalue weighted by atomic mass is 16.5. The zero-order chi connectivity index (χ0) is 27.9. The van der Waals surface area contributed by atoms with Crippen LogP contribution in [0.4, 0.5) is 5.82 Å². The number of nitrogens with zero attached hydrogens (tertiary/aromatic N) is 6. The minimum Gasteiger partial charge on any atom is -0.462 e. The Morgan fingerprint density at radius 3 is 2.27 bits per heavy atom. The highest BCUT2D eigenvalue weighted by molar-refractivity contribution is 6.01. The van der Waals surface area contributed by atoms with E-state index in [1.807, 2.05) is 67.1 Å². The predicted octanol–water partition coefficient (Wildman–Crippen LogP) is 6.01. The van der Waals surface area contributed by atoms with Crippen molar-refractivity contribution in [1.82, 2.24) is 30.4 Å². The van der Waals surface area contributed by atoms with Gasteiger partial charge < -0.3 is 9.64 Å². The van der Waals surface area contributed by atoms with E-state index in [1.165, 1.54) is 0 Å². The van der Waals surface area contributed by atoms with Crippen LogP contribution in [0.1, 0.15) is 43.1 Å². The van der Waals surface area contributed by atoms with Crippen LogP contribution in [-0.2, 0) is 17.8 Å². The topological polar surface area (TPSA) is 102 Å². The number of tetrazole rings is 1. The summed E-state index contributed by atoms with van der Waals surface area (Å²) in [5, 5.41) is 19.5. The molecule has 2 heterocycles. The van der Waals surface area contributed by atoms with Crippen molar-refractivity contribution in [2.45, 2.75) is 40.3 Å². The summed E-state index contributed by atoms with van der Waals surface area (Å²) in [6.45, 7) is 8.25. The quantitative estimate of drug-likeness (QED) is 0.207. The molecular weight excluding hydrogens is 502 g/mol. The Morgan fingerprint density at radius 1 is 0.900 bits per heavy atom. The molecule has 5 aromatic rings. The van der Waals surface area contributed by atoms with Crippen LogP contribution in [-0.4, -0.2) is 49.5 Å². The van der Waals surface area contributed by atoms with Crippen LogP contribution in [0.2, 0.25) is 0 Å². The summed E-state index contributed by atoms with van der Waals surface area (Å²) in [5.74, 6) is 0.846. The SMILES string of the molecule is CCCN(Cc1ccc(-c2ccccc2-c2nn[nH]n2)cc1)c1nn(CC)c(-c2ccccc2)c1C(=O)OCC. The number of carbonyl (C=O) groups excluding carboxylic acids is 1. The molecule has 2 aromatic heterocycles. The lowest BCUT2D eigenvalue weighted by Crippen LogP contribution is -2.26. The Morgan fingerprint density at radius 2 is 1.62 bits per heavy atom. The predicted molar refractivity (Wildman–Crippen MR) is 156 cm³/mol. The summed E-state index contributed by atoms with van der Waals surface area (Å²) < 4.78 is 7.44. The van der Waals surface area contributed by atoms with Gasteiger partial charge in [0.1, 0.15) is 5.56 Å². The van der Waals surface area contributed by atoms with Crippen LogP contribution in [0.3, 0.4) is 0 Å². The number of hydrogen-bond acceptors (Lipinski definition) is 7. The molecule has 9 nitrogen and oxygen atoms in total. The fourth-order valence-corrected chi connectivity index (χ4v) is 4.93. The monoisotopic (exact) mass is 535 g/mol. The van der Waals surface area contributed by atoms with Crippen molar-refractivity contribution in [1.29, 1.82) is 0 Å². The normalized spacial score (nSPS) is 11.0. The third-order valence-corrected chi connectivity index (χ3v) is 6.71. The van der Waals surface area contributed by atoms with Gasteiger partial charge in [-0.15, -0.1) is 10.2 Å². The molecule has 1 N–H and O–H groups in total. The number of rotatable bonds is 11. The van der Waals surface area contributed by atoms with Gasteiger partial charge >= 0.3 is 5.97 Å². The van der Waals surface area contributed by atoms with Crippen molar-refractivity contribution in [2.24, 2.45) is 0 Å². The minimum absolute atomic E-state index is 0.296. The van der Waals surface area contributed by atoms with E-state index in [-0.39, 0.29) is 5.97 Å². The van der Waals surface area contributed by atoms with Crippen molar-refractivity contribution in [3.05, 3.63) is 90.0 Å². The van der Waals surface area contributed by atoms with E-state index in [0.29, 0.717) is 36.9 Å². The first-order valence-electron chi connectivity index (χ1n) is 13.6. The Kier molecular flexibility index (Phi) is 8.29. The molecule has 0 aliphatic carbocycles. The van der Waals surface area contributed by atoms with Gasteiger partial charge in [-0.25, -0.2) is 4.79 Å². The van der Waals surface area contributed by atoms with E-state index in [0.717, 1.165) is 46.5 Å². The molecule has 0 spiro atoms. The Bertz CT molecular complexity index is 1540. The first-order valence-corrected chi connectivity index (χ1v) is 13.6. The maximum Gasteiger partial charge on any atom is 0.344 e. The second kappa shape index (κ2) is 12.4. The maximum atomic E-state index is 13.4. The lowest BCUT2D eigenvalue weighted by atomic mass is 9.98. The number of H-pyrrole nitrogens is 1. The standard InChI is InChI=1S/C31H33N7O2/c1-4-20-37(30-27(31(39)40-6-3)28(38(5-2)34-30)24-12-8-7-9-13-24)21-22-16-18-23(19-17-22)25-14-10-11-15-26(25)29-32-35-36-33-29/h7-19H,4-6,20-21H2,1-3H3,(H,32,33,35,36). The van der Waals surface area contributed by atoms with Crippen LogP contribution < -0.4 is 4.90 Å². The number of carbonyl (C=O) groups is 1. The zero-order valence-corrected chi connectivity index (χ0v) is 23.0. The number of hydrogen-bond donors (Lipinski definition) is 1. The number of ether oxygens (including phenoxy) is 1. The van der Waals surface area contributed by atoms with Crippen LogP contribution in [0, 0.1) is 0 Å². The molecule has 0 aliphatic rings. The molecule has 9 heteroatoms. The summed E-state index contributed by atoms with van der Waals surface area (Å²) in [4.78, 5) is 15.5. The largest absolute Gasteiger partial charge is 0.462 e. The smallest absolute Gasteiger partial charge is 0.344 e. The average molecular weight is 536 g/mol. The summed E-state index contributed by atoms with van der Waals surface area (Å²) >= 11 is 0. The first kappa shape index (κ1) is 26.8. The Labute approximate surface area is 233 Å². The van der Waals surface area contributed by atoms with Crippen molar-refractivity contribution in [3.63, 3.8) is 0 Å². The van der Waals surface area contributed by atoms with Crippen LogP contribution in [0.25, 0.3) is 33.8 Å². The molecule has 0 saturated heterocycles. The van der Waals surface area contributed by atoms with E-state index in [1.54, 1.807) is 0 Å². The molecule has 204 valence electrons. The van der Waals surface area contributed by atoms with E-state index in [4.69, 9.17) is 9.84 Å². The van der Waals surface area contributed by atoms with E-state index in [2.05, 4.69) is 62.8 Å². The van der Waals surface area contributed by atoms with Gasteiger partial charge in [0.25, 0.3) is 0 Å². The second-order valence-electron chi connectivity index (χ2n) is 9.35. The number of aryl methyl sites for hydroxylation is 1. The van der Waals surface area contributed by atoms with E-state index >= 15 is 0 Å². The van der Waals surface area contributed by atoms with Gasteiger partial charge in [0.15, 0.2) is 5.82 Å². The maximum absolute atomic E-state index is 13.4. The fourth-order valence-electron chi connectivity index (χ4n) is 4.93. The fraction of sp³-hybridized carbons (Fsp3) is 0.258. The molecule has 0 amide bonds. The van der Waals surface area contributed by atoms with Crippen molar-refractivity contribution >= 4 is 11.8 Å². The molecule has 0 fully saturated rings. The van der Waals surface area contributed by atoms with Gasteiger partial charge in [0, 0.05) is 30.8 Å². The third kappa shape index (κ3) is 5.49. The zero-order valence-electron chi connectivity index (χ0n) is 23.0. The highest BCUT2D eigenvalue weighted by Crippen LogP contribution is 2.34. The number of esters is 1. The Hall–Kier alpha value is -4.79. The van der Waals surface area contributed by atoms with Crippen molar-refractivity contribution < 1.29 is 9.53 Å². The minimum atomic E-state index is -0.356. The van der Waals surface area contributed by atoms with Gasteiger partial charge in [-0.05, 0) is 42.2 Å². The van der Waals surface area contributed by atoms with Gasteiger partial charge in [0.05, 0.1) is 12.3 Å². The van der Waals surface area contributed by atoms with Crippen LogP contribution in [0.15, 0.2) is 78.9 Å². The third-order valence-electron chi connectivity index (χ3n) is 6.71. The summed E-state index contributed by atoms with van der Waals surface area (Å²) in [5.41, 5.74) is 6.33. The highest BCUT2D eigenvalue weighted by Gasteiger charge is 2.29. The van der Waals surface area contributed by atoms with E-state index in [9.17, 15) is 4.79 Å². The molecule has 0 aliphatic heterocycles. The lowest BCUT2D eigenvalue weighted by Gasteiger charge is -2.23. The molecule has 0 saturated carbocycles. The summed E-state index contributed by atoms with van der Waals surface area (Å²) in [6.07, 6.45) is 0.901. The number of aromatic nitrogens is 6. The number of anilines is 1. The van der Waals surface area contributed by atoms with E-state index < -0.39 is 0 Å². The lowest BCUT2D eigenvalue weighted by molar-refractivity contribution is 0.0528. The van der Waals surface area contributed by atoms with Crippen molar-refractivity contribution in [3.8, 4) is 33.8 Å². The molecule has 0 radical (unpaired) electrons. The Balaban J connectivity index is 1.51. The summed E-state index contributed by atoms with van der Waals surface area (Å²) in [7, 11) is 0. The number of benzene rings is 3. The van der Waals surface area contributed by atoms with Crippen LogP contribution >= 0.6 is 0 Å².